The Labute approximate surface area is 163 Å². The van der Waals surface area contributed by atoms with E-state index in [-0.39, 0.29) is 11.5 Å². The smallest absolute Gasteiger partial charge is 0.253 e. The number of para-hydroxylation sites is 1. The summed E-state index contributed by atoms with van der Waals surface area (Å²) >= 11 is 0. The number of hydrogen-bond donors (Lipinski definition) is 1. The van der Waals surface area contributed by atoms with Crippen LogP contribution in [0.25, 0.3) is 0 Å². The average molecular weight is 396 g/mol. The van der Waals surface area contributed by atoms with Crippen molar-refractivity contribution in [1.82, 2.24) is 9.55 Å². The maximum atomic E-state index is 13.2. The molecule has 0 radical (unpaired) electrons. The number of sulfonamides is 1. The van der Waals surface area contributed by atoms with Gasteiger partial charge in [-0.25, -0.2) is 13.4 Å². The highest BCUT2D eigenvalue weighted by Crippen LogP contribution is 2.20. The number of nitrogens with zero attached hydrogens (tertiary/aromatic N) is 3. The van der Waals surface area contributed by atoms with Crippen molar-refractivity contribution in [3.63, 3.8) is 0 Å². The second-order valence-electron chi connectivity index (χ2n) is 6.32. The van der Waals surface area contributed by atoms with E-state index in [9.17, 15) is 13.2 Å². The van der Waals surface area contributed by atoms with Crippen molar-refractivity contribution in [2.24, 2.45) is 4.40 Å². The van der Waals surface area contributed by atoms with E-state index < -0.39 is 16.1 Å². The Bertz CT molecular complexity index is 1140. The predicted molar refractivity (Wildman–Crippen MR) is 107 cm³/mol. The number of nitrogens with one attached hydrogen (secondary N) is 1. The molecule has 28 heavy (non-hydrogen) atoms. The zero-order chi connectivity index (χ0) is 20.1. The number of amides is 1. The Morgan fingerprint density at radius 2 is 1.75 bits per heavy atom. The third-order valence-electron chi connectivity index (χ3n) is 3.96. The quantitative estimate of drug-likeness (QED) is 0.716. The topological polar surface area (TPSA) is 93.4 Å². The number of carbonyl (C=O) groups is 1. The van der Waals surface area contributed by atoms with Gasteiger partial charge in [-0.05, 0) is 30.7 Å². The van der Waals surface area contributed by atoms with Gasteiger partial charge in [0.05, 0.1) is 6.26 Å². The SMILES string of the molecule is Cc1ccc(C(C(=O)Nc2ccccc2)n2cccn/c2=N\S(C)(=O)=O)cc1. The van der Waals surface area contributed by atoms with Gasteiger partial charge in [0, 0.05) is 18.1 Å². The van der Waals surface area contributed by atoms with E-state index in [4.69, 9.17) is 0 Å². The molecule has 2 aromatic carbocycles. The summed E-state index contributed by atoms with van der Waals surface area (Å²) < 4.78 is 28.5. The summed E-state index contributed by atoms with van der Waals surface area (Å²) in [5, 5.41) is 2.86. The first kappa shape index (κ1) is 19.5. The Kier molecular flexibility index (Phi) is 5.70. The number of rotatable bonds is 5. The molecular weight excluding hydrogens is 376 g/mol. The first-order valence-electron chi connectivity index (χ1n) is 8.55. The lowest BCUT2D eigenvalue weighted by atomic mass is 10.0. The van der Waals surface area contributed by atoms with E-state index in [1.807, 2.05) is 49.4 Å². The molecule has 0 fully saturated rings. The Morgan fingerprint density at radius 1 is 1.07 bits per heavy atom. The van der Waals surface area contributed by atoms with Crippen molar-refractivity contribution in [3.8, 4) is 0 Å². The number of anilines is 1. The molecule has 0 bridgehead atoms. The van der Waals surface area contributed by atoms with Crippen LogP contribution in [0.15, 0.2) is 77.5 Å². The molecule has 1 aromatic heterocycles. The molecule has 3 aromatic rings. The Balaban J connectivity index is 2.14. The van der Waals surface area contributed by atoms with Crippen molar-refractivity contribution in [1.29, 1.82) is 0 Å². The second kappa shape index (κ2) is 8.18. The molecule has 1 atom stereocenters. The average Bonchev–Trinajstić information content (AvgIpc) is 2.64. The second-order valence-corrected chi connectivity index (χ2v) is 7.97. The molecule has 0 spiro atoms. The molecule has 8 heteroatoms. The summed E-state index contributed by atoms with van der Waals surface area (Å²) in [6.45, 7) is 1.95. The maximum Gasteiger partial charge on any atom is 0.253 e. The minimum atomic E-state index is -3.70. The number of hydrogen-bond acceptors (Lipinski definition) is 4. The van der Waals surface area contributed by atoms with E-state index in [1.54, 1.807) is 24.4 Å². The molecule has 1 N–H and O–H groups in total. The largest absolute Gasteiger partial charge is 0.324 e. The van der Waals surface area contributed by atoms with E-state index in [2.05, 4.69) is 14.7 Å². The van der Waals surface area contributed by atoms with Gasteiger partial charge >= 0.3 is 0 Å². The normalized spacial score (nSPS) is 13.1. The van der Waals surface area contributed by atoms with Crippen molar-refractivity contribution >= 4 is 21.6 Å². The molecule has 3 rings (SSSR count). The fourth-order valence-corrected chi connectivity index (χ4v) is 3.15. The number of benzene rings is 2. The Morgan fingerprint density at radius 3 is 2.39 bits per heavy atom. The van der Waals surface area contributed by atoms with Gasteiger partial charge in [0.15, 0.2) is 0 Å². The molecule has 0 aliphatic heterocycles. The zero-order valence-electron chi connectivity index (χ0n) is 15.5. The first-order chi connectivity index (χ1) is 13.3. The minimum Gasteiger partial charge on any atom is -0.324 e. The van der Waals surface area contributed by atoms with Gasteiger partial charge in [-0.3, -0.25) is 9.36 Å². The predicted octanol–water partition coefficient (Wildman–Crippen LogP) is 2.28. The molecule has 1 heterocycles. The van der Waals surface area contributed by atoms with Gasteiger partial charge in [-0.15, -0.1) is 4.40 Å². The molecule has 0 aliphatic rings. The van der Waals surface area contributed by atoms with Crippen LogP contribution in [0.3, 0.4) is 0 Å². The van der Waals surface area contributed by atoms with Gasteiger partial charge in [-0.2, -0.15) is 0 Å². The summed E-state index contributed by atoms with van der Waals surface area (Å²) in [7, 11) is -3.70. The highest BCUT2D eigenvalue weighted by molar-refractivity contribution is 7.89. The molecular formula is C20H20N4O3S. The van der Waals surface area contributed by atoms with Crippen LogP contribution in [0.5, 0.6) is 0 Å². The fourth-order valence-electron chi connectivity index (χ4n) is 2.71. The minimum absolute atomic E-state index is 0.0706. The molecule has 1 unspecified atom stereocenters. The summed E-state index contributed by atoms with van der Waals surface area (Å²) in [5.74, 6) is -0.335. The van der Waals surface area contributed by atoms with Crippen molar-refractivity contribution < 1.29 is 13.2 Å². The van der Waals surface area contributed by atoms with E-state index in [0.717, 1.165) is 11.8 Å². The van der Waals surface area contributed by atoms with Crippen LogP contribution in [-0.2, 0) is 14.8 Å². The summed E-state index contributed by atoms with van der Waals surface area (Å²) in [4.78, 5) is 17.2. The zero-order valence-corrected chi connectivity index (χ0v) is 16.3. The van der Waals surface area contributed by atoms with Crippen LogP contribution in [0.2, 0.25) is 0 Å². The van der Waals surface area contributed by atoms with Crippen molar-refractivity contribution in [3.05, 3.63) is 89.8 Å². The lowest BCUT2D eigenvalue weighted by molar-refractivity contribution is -0.118. The lowest BCUT2D eigenvalue weighted by Crippen LogP contribution is -2.36. The van der Waals surface area contributed by atoms with Gasteiger partial charge in [-0.1, -0.05) is 48.0 Å². The summed E-state index contributed by atoms with van der Waals surface area (Å²) in [6.07, 6.45) is 4.00. The molecule has 0 saturated carbocycles. The van der Waals surface area contributed by atoms with Crippen molar-refractivity contribution in [2.75, 3.05) is 11.6 Å². The number of aromatic nitrogens is 2. The number of carbonyl (C=O) groups excluding carboxylic acids is 1. The van der Waals surface area contributed by atoms with E-state index >= 15 is 0 Å². The maximum absolute atomic E-state index is 13.2. The molecule has 144 valence electrons. The van der Waals surface area contributed by atoms with Gasteiger partial charge in [0.25, 0.3) is 15.9 Å². The molecule has 0 aliphatic carbocycles. The highest BCUT2D eigenvalue weighted by atomic mass is 32.2. The molecule has 0 saturated heterocycles. The van der Waals surface area contributed by atoms with E-state index in [1.165, 1.54) is 10.8 Å². The molecule has 1 amide bonds. The van der Waals surface area contributed by atoms with Crippen LogP contribution in [0, 0.1) is 6.92 Å². The van der Waals surface area contributed by atoms with Gasteiger partial charge in [0.1, 0.15) is 6.04 Å². The van der Waals surface area contributed by atoms with Crippen molar-refractivity contribution in [2.45, 2.75) is 13.0 Å². The van der Waals surface area contributed by atoms with Crippen LogP contribution in [-0.4, -0.2) is 30.1 Å². The fraction of sp³-hybridized carbons (Fsp3) is 0.150. The Hall–Kier alpha value is -3.26. The summed E-state index contributed by atoms with van der Waals surface area (Å²) in [5.41, 5.74) is 2.29. The first-order valence-corrected chi connectivity index (χ1v) is 10.4. The van der Waals surface area contributed by atoms with Crippen LogP contribution in [0.4, 0.5) is 5.69 Å². The van der Waals surface area contributed by atoms with Crippen LogP contribution in [0.1, 0.15) is 17.2 Å². The third-order valence-corrected chi connectivity index (χ3v) is 4.46. The number of aryl methyl sites for hydroxylation is 1. The van der Waals surface area contributed by atoms with Gasteiger partial charge in [0.2, 0.25) is 5.62 Å². The van der Waals surface area contributed by atoms with Crippen LogP contribution < -0.4 is 10.9 Å². The summed E-state index contributed by atoms with van der Waals surface area (Å²) in [6, 6.07) is 17.3. The third kappa shape index (κ3) is 4.92. The monoisotopic (exact) mass is 396 g/mol. The standard InChI is InChI=1S/C20H20N4O3S/c1-15-9-11-16(12-10-15)18(19(25)22-17-7-4-3-5-8-17)24-14-6-13-21-20(24)23-28(2,26)27/h3-14,18H,1-2H3,(H,22,25)/b23-20+. The lowest BCUT2D eigenvalue weighted by Gasteiger charge is -2.20. The van der Waals surface area contributed by atoms with E-state index in [0.29, 0.717) is 11.3 Å². The molecule has 7 nitrogen and oxygen atoms in total. The van der Waals surface area contributed by atoms with Gasteiger partial charge < -0.3 is 5.32 Å². The highest BCUT2D eigenvalue weighted by Gasteiger charge is 2.23. The van der Waals surface area contributed by atoms with Crippen LogP contribution >= 0.6 is 0 Å².